The molecule has 0 aliphatic carbocycles. The van der Waals surface area contributed by atoms with Crippen LogP contribution in [0.15, 0.2) is 18.2 Å². The van der Waals surface area contributed by atoms with E-state index in [9.17, 15) is 0 Å². The molecule has 0 amide bonds. The summed E-state index contributed by atoms with van der Waals surface area (Å²) < 4.78 is 5.27. The molecule has 0 fully saturated rings. The molecular weight excluding hydrogens is 180 g/mol. The number of rotatable bonds is 3. The summed E-state index contributed by atoms with van der Waals surface area (Å²) in [4.78, 5) is 0. The third-order valence-electron chi connectivity index (χ3n) is 2.13. The second-order valence-corrected chi connectivity index (χ2v) is 3.79. The van der Waals surface area contributed by atoms with Crippen molar-refractivity contribution in [2.45, 2.75) is 25.5 Å². The Kier molecular flexibility index (Phi) is 3.67. The molecule has 0 N–H and O–H groups in total. The number of benzene rings is 1. The molecule has 2 heteroatoms. The summed E-state index contributed by atoms with van der Waals surface area (Å²) in [5, 5.41) is 0.273. The molecule has 0 radical (unpaired) electrons. The van der Waals surface area contributed by atoms with Gasteiger partial charge in [0.2, 0.25) is 0 Å². The Morgan fingerprint density at radius 1 is 1.46 bits per heavy atom. The molecule has 0 spiro atoms. The van der Waals surface area contributed by atoms with Gasteiger partial charge in [0.05, 0.1) is 7.11 Å². The summed E-state index contributed by atoms with van der Waals surface area (Å²) >= 11 is 4.51. The van der Waals surface area contributed by atoms with Crippen LogP contribution in [0.4, 0.5) is 0 Å². The van der Waals surface area contributed by atoms with E-state index in [1.165, 1.54) is 11.1 Å². The summed E-state index contributed by atoms with van der Waals surface area (Å²) in [6.07, 6.45) is 1.02. The lowest BCUT2D eigenvalue weighted by molar-refractivity contribution is 0.409. The van der Waals surface area contributed by atoms with Crippen LogP contribution in [0, 0.1) is 6.92 Å². The normalized spacial score (nSPS) is 12.6. The zero-order valence-corrected chi connectivity index (χ0v) is 9.27. The molecule has 1 aromatic carbocycles. The average Bonchev–Trinajstić information content (AvgIpc) is 2.16. The van der Waals surface area contributed by atoms with E-state index in [1.807, 2.05) is 6.07 Å². The predicted octanol–water partition coefficient (Wildman–Crippen LogP) is 3.38. The van der Waals surface area contributed by atoms with Crippen molar-refractivity contribution in [1.29, 1.82) is 0 Å². The van der Waals surface area contributed by atoms with Crippen LogP contribution in [-0.4, -0.2) is 7.11 Å². The monoisotopic (exact) mass is 196 g/mol. The molecule has 0 saturated heterocycles. The van der Waals surface area contributed by atoms with Crippen LogP contribution in [-0.2, 0) is 0 Å². The molecule has 0 bridgehead atoms. The van der Waals surface area contributed by atoms with Gasteiger partial charge in [-0.15, -0.1) is 0 Å². The standard InChI is InChI=1S/C11H16OS/c1-4-11(13)9-7-8(2)5-6-10(9)12-3/h5-7,11,13H,4H2,1-3H3. The first-order valence-electron chi connectivity index (χ1n) is 4.51. The van der Waals surface area contributed by atoms with Crippen LogP contribution in [0.2, 0.25) is 0 Å². The van der Waals surface area contributed by atoms with E-state index in [4.69, 9.17) is 4.74 Å². The van der Waals surface area contributed by atoms with Gasteiger partial charge in [0, 0.05) is 10.8 Å². The molecule has 1 rings (SSSR count). The van der Waals surface area contributed by atoms with E-state index in [-0.39, 0.29) is 5.25 Å². The highest BCUT2D eigenvalue weighted by molar-refractivity contribution is 7.80. The molecule has 0 heterocycles. The van der Waals surface area contributed by atoms with Crippen molar-refractivity contribution in [1.82, 2.24) is 0 Å². The highest BCUT2D eigenvalue weighted by atomic mass is 32.1. The van der Waals surface area contributed by atoms with E-state index in [0.29, 0.717) is 0 Å². The van der Waals surface area contributed by atoms with Crippen molar-refractivity contribution in [3.8, 4) is 5.75 Å². The molecule has 1 nitrogen and oxygen atoms in total. The number of hydrogen-bond acceptors (Lipinski definition) is 2. The zero-order chi connectivity index (χ0) is 9.84. The maximum atomic E-state index is 5.27. The van der Waals surface area contributed by atoms with Crippen molar-refractivity contribution in [2.24, 2.45) is 0 Å². The minimum absolute atomic E-state index is 0.273. The number of ether oxygens (including phenoxy) is 1. The van der Waals surface area contributed by atoms with Gasteiger partial charge in [0.25, 0.3) is 0 Å². The Morgan fingerprint density at radius 2 is 2.15 bits per heavy atom. The van der Waals surface area contributed by atoms with Crippen LogP contribution in [0.1, 0.15) is 29.7 Å². The highest BCUT2D eigenvalue weighted by Gasteiger charge is 2.09. The van der Waals surface area contributed by atoms with Gasteiger partial charge in [0.1, 0.15) is 5.75 Å². The van der Waals surface area contributed by atoms with Gasteiger partial charge in [-0.25, -0.2) is 0 Å². The second kappa shape index (κ2) is 4.56. The van der Waals surface area contributed by atoms with Crippen LogP contribution in [0.25, 0.3) is 0 Å². The first-order valence-corrected chi connectivity index (χ1v) is 5.03. The zero-order valence-electron chi connectivity index (χ0n) is 8.37. The Hall–Kier alpha value is -0.630. The molecule has 0 aliphatic heterocycles. The predicted molar refractivity (Wildman–Crippen MR) is 59.7 cm³/mol. The van der Waals surface area contributed by atoms with Gasteiger partial charge in [-0.3, -0.25) is 0 Å². The summed E-state index contributed by atoms with van der Waals surface area (Å²) in [6, 6.07) is 6.20. The number of aryl methyl sites for hydroxylation is 1. The lowest BCUT2D eigenvalue weighted by Crippen LogP contribution is -1.95. The Labute approximate surface area is 85.5 Å². The molecule has 0 saturated carbocycles. The minimum atomic E-state index is 0.273. The Morgan fingerprint density at radius 3 is 2.69 bits per heavy atom. The third kappa shape index (κ3) is 2.41. The number of methoxy groups -OCH3 is 1. The Balaban J connectivity index is 3.07. The van der Waals surface area contributed by atoms with Crippen molar-refractivity contribution in [2.75, 3.05) is 7.11 Å². The minimum Gasteiger partial charge on any atom is -0.496 e. The fourth-order valence-corrected chi connectivity index (χ4v) is 1.54. The lowest BCUT2D eigenvalue weighted by Gasteiger charge is -2.13. The quantitative estimate of drug-likeness (QED) is 0.729. The van der Waals surface area contributed by atoms with E-state index in [2.05, 4.69) is 38.6 Å². The van der Waals surface area contributed by atoms with Crippen molar-refractivity contribution in [3.05, 3.63) is 29.3 Å². The van der Waals surface area contributed by atoms with E-state index >= 15 is 0 Å². The second-order valence-electron chi connectivity index (χ2n) is 3.17. The highest BCUT2D eigenvalue weighted by Crippen LogP contribution is 2.32. The summed E-state index contributed by atoms with van der Waals surface area (Å²) in [7, 11) is 1.70. The maximum absolute atomic E-state index is 5.27. The van der Waals surface area contributed by atoms with Gasteiger partial charge >= 0.3 is 0 Å². The molecule has 0 aromatic heterocycles. The van der Waals surface area contributed by atoms with Crippen LogP contribution in [0.3, 0.4) is 0 Å². The average molecular weight is 196 g/mol. The summed E-state index contributed by atoms with van der Waals surface area (Å²) in [5.74, 6) is 0.937. The smallest absolute Gasteiger partial charge is 0.123 e. The maximum Gasteiger partial charge on any atom is 0.123 e. The van der Waals surface area contributed by atoms with Gasteiger partial charge in [-0.2, -0.15) is 12.6 Å². The molecular formula is C11H16OS. The topological polar surface area (TPSA) is 9.23 Å². The third-order valence-corrected chi connectivity index (χ3v) is 2.77. The number of hydrogen-bond donors (Lipinski definition) is 1. The van der Waals surface area contributed by atoms with Gasteiger partial charge in [0.15, 0.2) is 0 Å². The Bertz CT molecular complexity index is 283. The van der Waals surface area contributed by atoms with Gasteiger partial charge in [-0.05, 0) is 19.4 Å². The van der Waals surface area contributed by atoms with Crippen LogP contribution >= 0.6 is 12.6 Å². The van der Waals surface area contributed by atoms with Crippen molar-refractivity contribution >= 4 is 12.6 Å². The van der Waals surface area contributed by atoms with Crippen LogP contribution < -0.4 is 4.74 Å². The summed E-state index contributed by atoms with van der Waals surface area (Å²) in [6.45, 7) is 4.21. The summed E-state index contributed by atoms with van der Waals surface area (Å²) in [5.41, 5.74) is 2.44. The molecule has 13 heavy (non-hydrogen) atoms. The number of thiol groups is 1. The van der Waals surface area contributed by atoms with Gasteiger partial charge < -0.3 is 4.74 Å². The van der Waals surface area contributed by atoms with E-state index in [0.717, 1.165) is 12.2 Å². The molecule has 1 unspecified atom stereocenters. The van der Waals surface area contributed by atoms with Gasteiger partial charge in [-0.1, -0.05) is 24.6 Å². The fourth-order valence-electron chi connectivity index (χ4n) is 1.33. The van der Waals surface area contributed by atoms with Crippen molar-refractivity contribution in [3.63, 3.8) is 0 Å². The van der Waals surface area contributed by atoms with E-state index < -0.39 is 0 Å². The molecule has 72 valence electrons. The molecule has 1 aromatic rings. The first-order chi connectivity index (χ1) is 6.19. The van der Waals surface area contributed by atoms with Crippen molar-refractivity contribution < 1.29 is 4.74 Å². The fraction of sp³-hybridized carbons (Fsp3) is 0.455. The largest absolute Gasteiger partial charge is 0.496 e. The van der Waals surface area contributed by atoms with E-state index in [1.54, 1.807) is 7.11 Å². The SMILES string of the molecule is CCC(S)c1cc(C)ccc1OC. The molecule has 0 aliphatic rings. The van der Waals surface area contributed by atoms with Crippen LogP contribution in [0.5, 0.6) is 5.75 Å². The molecule has 1 atom stereocenters. The lowest BCUT2D eigenvalue weighted by atomic mass is 10.1. The first kappa shape index (κ1) is 10.5.